The average molecular weight is 491 g/mol. The van der Waals surface area contributed by atoms with E-state index < -0.39 is 0 Å². The van der Waals surface area contributed by atoms with Gasteiger partial charge in [0.05, 0.1) is 12.3 Å². The molecule has 3 heterocycles. The highest BCUT2D eigenvalue weighted by atomic mass is 35.5. The van der Waals surface area contributed by atoms with Gasteiger partial charge in [0.15, 0.2) is 5.76 Å². The quantitative estimate of drug-likeness (QED) is 0.430. The Kier molecular flexibility index (Phi) is 6.93. The first-order valence-electron chi connectivity index (χ1n) is 10.5. The van der Waals surface area contributed by atoms with Gasteiger partial charge in [-0.05, 0) is 59.2 Å². The molecule has 0 saturated heterocycles. The van der Waals surface area contributed by atoms with Gasteiger partial charge in [-0.3, -0.25) is 9.59 Å². The molecular formula is C24H24Cl2N2O3S. The average Bonchev–Trinajstić information content (AvgIpc) is 3.44. The predicted molar refractivity (Wildman–Crippen MR) is 127 cm³/mol. The fourth-order valence-corrected chi connectivity index (χ4v) is 5.53. The van der Waals surface area contributed by atoms with E-state index in [-0.39, 0.29) is 36.1 Å². The van der Waals surface area contributed by atoms with Crippen molar-refractivity contribution in [2.75, 3.05) is 19.6 Å². The number of rotatable bonds is 6. The van der Waals surface area contributed by atoms with Crippen molar-refractivity contribution in [3.63, 3.8) is 0 Å². The number of hydrogen-bond donors (Lipinski definition) is 0. The van der Waals surface area contributed by atoms with Gasteiger partial charge in [-0.25, -0.2) is 0 Å². The lowest BCUT2D eigenvalue weighted by molar-refractivity contribution is -0.134. The summed E-state index contributed by atoms with van der Waals surface area (Å²) in [4.78, 5) is 31.2. The summed E-state index contributed by atoms with van der Waals surface area (Å²) in [6, 6.07) is 10.4. The van der Waals surface area contributed by atoms with Gasteiger partial charge in [0.25, 0.3) is 5.91 Å². The SMILES string of the molecule is CC(C)CN(CC(=O)N1CCc2sccc2C1c1ccc(Cl)cc1Cl)C(=O)c1ccco1. The van der Waals surface area contributed by atoms with Gasteiger partial charge in [0.1, 0.15) is 6.54 Å². The Bertz CT molecular complexity index is 1110. The zero-order valence-electron chi connectivity index (χ0n) is 17.9. The number of furan rings is 1. The van der Waals surface area contributed by atoms with E-state index in [1.165, 1.54) is 11.1 Å². The summed E-state index contributed by atoms with van der Waals surface area (Å²) in [6.07, 6.45) is 2.24. The molecule has 0 N–H and O–H groups in total. The summed E-state index contributed by atoms with van der Waals surface area (Å²) in [5, 5.41) is 3.11. The molecule has 168 valence electrons. The van der Waals surface area contributed by atoms with Crippen LogP contribution in [0.3, 0.4) is 0 Å². The lowest BCUT2D eigenvalue weighted by atomic mass is 9.93. The monoisotopic (exact) mass is 490 g/mol. The van der Waals surface area contributed by atoms with Crippen LogP contribution in [0.25, 0.3) is 0 Å². The molecule has 2 amide bonds. The molecule has 0 spiro atoms. The van der Waals surface area contributed by atoms with Crippen molar-refractivity contribution < 1.29 is 14.0 Å². The van der Waals surface area contributed by atoms with Crippen LogP contribution in [-0.2, 0) is 11.2 Å². The summed E-state index contributed by atoms with van der Waals surface area (Å²) in [5.74, 6) is 0.0207. The maximum atomic E-state index is 13.6. The topological polar surface area (TPSA) is 53.8 Å². The van der Waals surface area contributed by atoms with Crippen LogP contribution in [0.5, 0.6) is 0 Å². The summed E-state index contributed by atoms with van der Waals surface area (Å²) in [7, 11) is 0. The molecule has 1 unspecified atom stereocenters. The Labute approximate surface area is 201 Å². The van der Waals surface area contributed by atoms with Gasteiger partial charge in [-0.1, -0.05) is 43.1 Å². The molecule has 32 heavy (non-hydrogen) atoms. The Morgan fingerprint density at radius 1 is 1.22 bits per heavy atom. The van der Waals surface area contributed by atoms with E-state index >= 15 is 0 Å². The number of amides is 2. The van der Waals surface area contributed by atoms with E-state index in [1.807, 2.05) is 30.2 Å². The minimum absolute atomic E-state index is 0.0289. The van der Waals surface area contributed by atoms with Crippen molar-refractivity contribution in [1.29, 1.82) is 0 Å². The van der Waals surface area contributed by atoms with E-state index in [9.17, 15) is 9.59 Å². The zero-order valence-corrected chi connectivity index (χ0v) is 20.2. The van der Waals surface area contributed by atoms with Gasteiger partial charge >= 0.3 is 0 Å². The van der Waals surface area contributed by atoms with E-state index in [2.05, 4.69) is 6.07 Å². The molecule has 0 saturated carbocycles. The number of carbonyl (C=O) groups is 2. The van der Waals surface area contributed by atoms with Crippen molar-refractivity contribution in [2.45, 2.75) is 26.3 Å². The molecule has 0 aliphatic carbocycles. The highest BCUT2D eigenvalue weighted by Crippen LogP contribution is 2.41. The summed E-state index contributed by atoms with van der Waals surface area (Å²) in [5.41, 5.74) is 1.91. The van der Waals surface area contributed by atoms with Crippen molar-refractivity contribution in [2.24, 2.45) is 5.92 Å². The second kappa shape index (κ2) is 9.69. The van der Waals surface area contributed by atoms with Gasteiger partial charge in [0.2, 0.25) is 5.91 Å². The molecule has 1 atom stereocenters. The third-order valence-corrected chi connectivity index (χ3v) is 7.03. The molecular weight excluding hydrogens is 467 g/mol. The van der Waals surface area contributed by atoms with Crippen LogP contribution in [0.2, 0.25) is 10.0 Å². The maximum Gasteiger partial charge on any atom is 0.290 e. The van der Waals surface area contributed by atoms with E-state index in [4.69, 9.17) is 27.6 Å². The van der Waals surface area contributed by atoms with Gasteiger partial charge in [0, 0.05) is 28.0 Å². The molecule has 4 rings (SSSR count). The van der Waals surface area contributed by atoms with Crippen LogP contribution in [0, 0.1) is 5.92 Å². The first-order chi connectivity index (χ1) is 15.3. The standard InChI is InChI=1S/C24H24Cl2N2O3S/c1-15(2)13-27(24(30)20-4-3-10-31-20)14-22(29)28-9-7-21-18(8-11-32-21)23(28)17-6-5-16(25)12-19(17)26/h3-6,8,10-12,15,23H,7,9,13-14H2,1-2H3. The minimum Gasteiger partial charge on any atom is -0.459 e. The maximum absolute atomic E-state index is 13.6. The van der Waals surface area contributed by atoms with Crippen molar-refractivity contribution >= 4 is 46.4 Å². The number of thiophene rings is 1. The Morgan fingerprint density at radius 2 is 2.03 bits per heavy atom. The summed E-state index contributed by atoms with van der Waals surface area (Å²) >= 11 is 14.4. The zero-order chi connectivity index (χ0) is 22.8. The van der Waals surface area contributed by atoms with Crippen LogP contribution in [0.15, 0.2) is 52.5 Å². The van der Waals surface area contributed by atoms with Crippen molar-refractivity contribution in [3.8, 4) is 0 Å². The molecule has 1 aromatic carbocycles. The van der Waals surface area contributed by atoms with E-state index in [1.54, 1.807) is 40.5 Å². The second-order valence-corrected chi connectivity index (χ2v) is 10.1. The summed E-state index contributed by atoms with van der Waals surface area (Å²) in [6.45, 7) is 5.01. The van der Waals surface area contributed by atoms with Crippen LogP contribution >= 0.6 is 34.5 Å². The highest BCUT2D eigenvalue weighted by molar-refractivity contribution is 7.10. The number of carbonyl (C=O) groups excluding carboxylic acids is 2. The molecule has 1 aliphatic rings. The van der Waals surface area contributed by atoms with Crippen LogP contribution in [0.4, 0.5) is 0 Å². The van der Waals surface area contributed by atoms with Gasteiger partial charge in [-0.2, -0.15) is 0 Å². The number of fused-ring (bicyclic) bond motifs is 1. The molecule has 0 fully saturated rings. The van der Waals surface area contributed by atoms with E-state index in [0.29, 0.717) is 23.1 Å². The number of nitrogens with zero attached hydrogens (tertiary/aromatic N) is 2. The van der Waals surface area contributed by atoms with Gasteiger partial charge in [-0.15, -0.1) is 11.3 Å². The van der Waals surface area contributed by atoms with Crippen LogP contribution < -0.4 is 0 Å². The minimum atomic E-state index is -0.318. The molecule has 8 heteroatoms. The predicted octanol–water partition coefficient (Wildman–Crippen LogP) is 5.92. The normalized spacial score (nSPS) is 15.7. The Balaban J connectivity index is 1.65. The third-order valence-electron chi connectivity index (χ3n) is 5.47. The smallest absolute Gasteiger partial charge is 0.290 e. The number of halogens is 2. The largest absolute Gasteiger partial charge is 0.459 e. The first kappa shape index (κ1) is 22.9. The molecule has 5 nitrogen and oxygen atoms in total. The Morgan fingerprint density at radius 3 is 2.72 bits per heavy atom. The van der Waals surface area contributed by atoms with Crippen molar-refractivity contribution in [1.82, 2.24) is 9.80 Å². The highest BCUT2D eigenvalue weighted by Gasteiger charge is 2.35. The fourth-order valence-electron chi connectivity index (χ4n) is 4.11. The molecule has 0 radical (unpaired) electrons. The lowest BCUT2D eigenvalue weighted by Gasteiger charge is -2.38. The number of benzene rings is 1. The molecule has 0 bridgehead atoms. The third kappa shape index (κ3) is 4.72. The molecule has 1 aliphatic heterocycles. The molecule has 3 aromatic rings. The van der Waals surface area contributed by atoms with Crippen LogP contribution in [-0.4, -0.2) is 41.2 Å². The fraction of sp³-hybridized carbons (Fsp3) is 0.333. The second-order valence-electron chi connectivity index (χ2n) is 8.26. The van der Waals surface area contributed by atoms with Crippen molar-refractivity contribution in [3.05, 3.63) is 79.9 Å². The van der Waals surface area contributed by atoms with Crippen LogP contribution in [0.1, 0.15) is 46.4 Å². The van der Waals surface area contributed by atoms with Gasteiger partial charge < -0.3 is 14.2 Å². The van der Waals surface area contributed by atoms with E-state index in [0.717, 1.165) is 17.5 Å². The first-order valence-corrected chi connectivity index (χ1v) is 12.1. The number of hydrogen-bond acceptors (Lipinski definition) is 4. The summed E-state index contributed by atoms with van der Waals surface area (Å²) < 4.78 is 5.29. The lowest BCUT2D eigenvalue weighted by Crippen LogP contribution is -2.47. The Hall–Kier alpha value is -2.28. The molecule has 2 aromatic heterocycles.